The molecule has 2 aliphatic heterocycles. The lowest BCUT2D eigenvalue weighted by atomic mass is 9.85. The molecule has 6 nitrogen and oxygen atoms in total. The number of methoxy groups -OCH3 is 1. The first-order valence-electron chi connectivity index (χ1n) is 10.0. The largest absolute Gasteiger partial charge is 0.497 e. The Kier molecular flexibility index (Phi) is 5.28. The standard InChI is InChI=1S/C23H27N3O3/c1-24-21(27)23(26(22(24)28)17-18-7-4-3-5-8-18)11-13-25(14-12-23)16-19-9-6-10-20(15-19)29-2/h3-10,15H,11-14,16-17H2,1-2H3. The normalized spacial score (nSPS) is 19.2. The molecule has 2 heterocycles. The highest BCUT2D eigenvalue weighted by Crippen LogP contribution is 2.38. The predicted octanol–water partition coefficient (Wildman–Crippen LogP) is 3.12. The van der Waals surface area contributed by atoms with Gasteiger partial charge >= 0.3 is 6.03 Å². The third kappa shape index (κ3) is 3.60. The molecule has 2 aromatic rings. The summed E-state index contributed by atoms with van der Waals surface area (Å²) in [6, 6.07) is 17.8. The second-order valence-corrected chi connectivity index (χ2v) is 7.88. The van der Waals surface area contributed by atoms with Gasteiger partial charge in [-0.25, -0.2) is 4.79 Å². The van der Waals surface area contributed by atoms with E-state index in [1.165, 1.54) is 10.5 Å². The predicted molar refractivity (Wildman–Crippen MR) is 110 cm³/mol. The van der Waals surface area contributed by atoms with Crippen molar-refractivity contribution in [1.29, 1.82) is 0 Å². The molecule has 0 aromatic heterocycles. The lowest BCUT2D eigenvalue weighted by Crippen LogP contribution is -2.56. The van der Waals surface area contributed by atoms with E-state index in [1.54, 1.807) is 19.1 Å². The van der Waals surface area contributed by atoms with E-state index < -0.39 is 5.54 Å². The van der Waals surface area contributed by atoms with Gasteiger partial charge in [0.2, 0.25) is 0 Å². The average molecular weight is 393 g/mol. The van der Waals surface area contributed by atoms with Gasteiger partial charge < -0.3 is 9.64 Å². The number of nitrogens with zero attached hydrogens (tertiary/aromatic N) is 3. The van der Waals surface area contributed by atoms with Crippen molar-refractivity contribution in [2.24, 2.45) is 0 Å². The van der Waals surface area contributed by atoms with Gasteiger partial charge in [-0.05, 0) is 36.1 Å². The van der Waals surface area contributed by atoms with E-state index in [-0.39, 0.29) is 11.9 Å². The van der Waals surface area contributed by atoms with E-state index in [0.29, 0.717) is 19.4 Å². The number of ether oxygens (including phenoxy) is 1. The van der Waals surface area contributed by atoms with Crippen LogP contribution in [0.4, 0.5) is 4.79 Å². The van der Waals surface area contributed by atoms with Gasteiger partial charge in [-0.15, -0.1) is 0 Å². The van der Waals surface area contributed by atoms with Crippen LogP contribution in [0.5, 0.6) is 5.75 Å². The molecular weight excluding hydrogens is 366 g/mol. The molecule has 0 bridgehead atoms. The zero-order valence-corrected chi connectivity index (χ0v) is 17.0. The lowest BCUT2D eigenvalue weighted by molar-refractivity contribution is -0.135. The van der Waals surface area contributed by atoms with Gasteiger partial charge in [-0.1, -0.05) is 42.5 Å². The highest BCUT2D eigenvalue weighted by atomic mass is 16.5. The molecule has 2 aliphatic rings. The Hall–Kier alpha value is -2.86. The zero-order chi connectivity index (χ0) is 20.4. The molecule has 6 heteroatoms. The molecule has 0 unspecified atom stereocenters. The number of urea groups is 1. The monoisotopic (exact) mass is 393 g/mol. The van der Waals surface area contributed by atoms with Crippen LogP contribution in [0.1, 0.15) is 24.0 Å². The molecule has 1 spiro atoms. The Balaban J connectivity index is 1.49. The summed E-state index contributed by atoms with van der Waals surface area (Å²) in [6.07, 6.45) is 1.30. The van der Waals surface area contributed by atoms with Crippen LogP contribution < -0.4 is 4.74 Å². The Labute approximate surface area is 171 Å². The fourth-order valence-corrected chi connectivity index (χ4v) is 4.46. The Bertz CT molecular complexity index is 891. The van der Waals surface area contributed by atoms with Crippen molar-refractivity contribution < 1.29 is 14.3 Å². The minimum absolute atomic E-state index is 0.0699. The lowest BCUT2D eigenvalue weighted by Gasteiger charge is -2.42. The summed E-state index contributed by atoms with van der Waals surface area (Å²) in [4.78, 5) is 31.3. The van der Waals surface area contributed by atoms with Crippen LogP contribution in [0.25, 0.3) is 0 Å². The number of carbonyl (C=O) groups excluding carboxylic acids is 2. The number of carbonyl (C=O) groups is 2. The summed E-state index contributed by atoms with van der Waals surface area (Å²) in [5, 5.41) is 0. The number of hydrogen-bond donors (Lipinski definition) is 0. The van der Waals surface area contributed by atoms with Crippen molar-refractivity contribution in [2.45, 2.75) is 31.5 Å². The second-order valence-electron chi connectivity index (χ2n) is 7.88. The van der Waals surface area contributed by atoms with Crippen LogP contribution in [0, 0.1) is 0 Å². The van der Waals surface area contributed by atoms with Gasteiger partial charge in [0.15, 0.2) is 0 Å². The van der Waals surface area contributed by atoms with Crippen molar-refractivity contribution in [3.05, 3.63) is 65.7 Å². The summed E-state index contributed by atoms with van der Waals surface area (Å²) in [5.41, 5.74) is 1.50. The van der Waals surface area contributed by atoms with E-state index >= 15 is 0 Å². The average Bonchev–Trinajstić information content (AvgIpc) is 2.92. The molecule has 0 aliphatic carbocycles. The number of piperidine rings is 1. The summed E-state index contributed by atoms with van der Waals surface area (Å²) in [6.45, 7) is 2.82. The summed E-state index contributed by atoms with van der Waals surface area (Å²) >= 11 is 0. The van der Waals surface area contributed by atoms with E-state index in [2.05, 4.69) is 11.0 Å². The van der Waals surface area contributed by atoms with Crippen LogP contribution in [0.2, 0.25) is 0 Å². The number of likely N-dealkylation sites (tertiary alicyclic amines) is 1. The van der Waals surface area contributed by atoms with E-state index in [0.717, 1.165) is 30.9 Å². The van der Waals surface area contributed by atoms with Crippen LogP contribution in [-0.4, -0.2) is 59.4 Å². The third-order valence-electron chi connectivity index (χ3n) is 6.14. The topological polar surface area (TPSA) is 53.1 Å². The molecule has 3 amide bonds. The van der Waals surface area contributed by atoms with Crippen LogP contribution in [0.3, 0.4) is 0 Å². The SMILES string of the molecule is COc1cccc(CN2CCC3(CC2)C(=O)N(C)C(=O)N3Cc2ccccc2)c1. The van der Waals surface area contributed by atoms with Crippen molar-refractivity contribution in [3.8, 4) is 5.75 Å². The maximum Gasteiger partial charge on any atom is 0.327 e. The Morgan fingerprint density at radius 1 is 0.931 bits per heavy atom. The van der Waals surface area contributed by atoms with Gasteiger partial charge in [-0.2, -0.15) is 0 Å². The van der Waals surface area contributed by atoms with Crippen LogP contribution in [0.15, 0.2) is 54.6 Å². The summed E-state index contributed by atoms with van der Waals surface area (Å²) in [5.74, 6) is 0.780. The molecule has 2 aromatic carbocycles. The van der Waals surface area contributed by atoms with Crippen molar-refractivity contribution in [1.82, 2.24) is 14.7 Å². The first kappa shape index (κ1) is 19.5. The van der Waals surface area contributed by atoms with Crippen molar-refractivity contribution in [2.75, 3.05) is 27.2 Å². The van der Waals surface area contributed by atoms with Crippen molar-refractivity contribution >= 4 is 11.9 Å². The molecule has 29 heavy (non-hydrogen) atoms. The van der Waals surface area contributed by atoms with Gasteiger partial charge in [0.25, 0.3) is 5.91 Å². The smallest absolute Gasteiger partial charge is 0.327 e. The van der Waals surface area contributed by atoms with Gasteiger partial charge in [0.1, 0.15) is 11.3 Å². The maximum absolute atomic E-state index is 13.1. The third-order valence-corrected chi connectivity index (χ3v) is 6.14. The molecule has 0 atom stereocenters. The molecule has 0 saturated carbocycles. The fraction of sp³-hybridized carbons (Fsp3) is 0.391. The van der Waals surface area contributed by atoms with E-state index in [4.69, 9.17) is 4.74 Å². The minimum Gasteiger partial charge on any atom is -0.497 e. The summed E-state index contributed by atoms with van der Waals surface area (Å²) in [7, 11) is 3.27. The molecule has 0 N–H and O–H groups in total. The Morgan fingerprint density at radius 3 is 2.31 bits per heavy atom. The van der Waals surface area contributed by atoms with E-state index in [9.17, 15) is 9.59 Å². The molecule has 152 valence electrons. The van der Waals surface area contributed by atoms with Crippen molar-refractivity contribution in [3.63, 3.8) is 0 Å². The minimum atomic E-state index is -0.730. The molecular formula is C23H27N3O3. The molecule has 4 rings (SSSR count). The van der Waals surface area contributed by atoms with Crippen LogP contribution in [-0.2, 0) is 17.9 Å². The Morgan fingerprint density at radius 2 is 1.62 bits per heavy atom. The zero-order valence-electron chi connectivity index (χ0n) is 17.0. The molecule has 2 saturated heterocycles. The number of likely N-dealkylation sites (N-methyl/N-ethyl adjacent to an activating group) is 1. The first-order valence-corrected chi connectivity index (χ1v) is 10.0. The maximum atomic E-state index is 13.1. The number of hydrogen-bond acceptors (Lipinski definition) is 4. The number of benzene rings is 2. The molecule has 2 fully saturated rings. The number of imide groups is 1. The van der Waals surface area contributed by atoms with Gasteiger partial charge in [-0.3, -0.25) is 14.6 Å². The number of rotatable bonds is 5. The highest BCUT2D eigenvalue weighted by Gasteiger charge is 2.56. The fourth-order valence-electron chi connectivity index (χ4n) is 4.46. The van der Waals surface area contributed by atoms with E-state index in [1.807, 2.05) is 48.5 Å². The summed E-state index contributed by atoms with van der Waals surface area (Å²) < 4.78 is 5.32. The second kappa shape index (κ2) is 7.87. The molecule has 0 radical (unpaired) electrons. The quantitative estimate of drug-likeness (QED) is 0.733. The van der Waals surface area contributed by atoms with Gasteiger partial charge in [0, 0.05) is 33.2 Å². The van der Waals surface area contributed by atoms with Gasteiger partial charge in [0.05, 0.1) is 7.11 Å². The van der Waals surface area contributed by atoms with Crippen LogP contribution >= 0.6 is 0 Å². The highest BCUT2D eigenvalue weighted by molar-refractivity contribution is 6.06. The first-order chi connectivity index (χ1) is 14.0. The number of amides is 3.